The minimum absolute atomic E-state index is 0.122. The molecule has 2 aliphatic heterocycles. The predicted octanol–water partition coefficient (Wildman–Crippen LogP) is 5.12. The molecule has 2 aliphatic rings. The van der Waals surface area contributed by atoms with E-state index in [1.54, 1.807) is 30.3 Å². The number of hydrogen-bond donors (Lipinski definition) is 3. The number of para-hydroxylation sites is 1. The van der Waals surface area contributed by atoms with Crippen LogP contribution in [0.1, 0.15) is 55.1 Å². The highest BCUT2D eigenvalue weighted by atomic mass is 35.5. The molecule has 0 spiro atoms. The number of thioether (sulfide) groups is 1. The van der Waals surface area contributed by atoms with E-state index in [1.165, 1.54) is 0 Å². The summed E-state index contributed by atoms with van der Waals surface area (Å²) in [6, 6.07) is 12.7. The van der Waals surface area contributed by atoms with Gasteiger partial charge in [0, 0.05) is 36.8 Å². The van der Waals surface area contributed by atoms with Gasteiger partial charge in [-0.25, -0.2) is 4.79 Å². The van der Waals surface area contributed by atoms with Crippen molar-refractivity contribution in [2.45, 2.75) is 51.8 Å². The first-order valence-corrected chi connectivity index (χ1v) is 13.7. The Kier molecular flexibility index (Phi) is 10.6. The Morgan fingerprint density at radius 2 is 1.95 bits per heavy atom. The van der Waals surface area contributed by atoms with Crippen molar-refractivity contribution in [3.8, 4) is 0 Å². The maximum absolute atomic E-state index is 11.7. The molecular weight excluding hydrogens is 540 g/mol. The lowest BCUT2D eigenvalue weighted by atomic mass is 10.0. The van der Waals surface area contributed by atoms with Crippen LogP contribution in [-0.4, -0.2) is 48.3 Å². The van der Waals surface area contributed by atoms with Gasteiger partial charge in [-0.1, -0.05) is 48.0 Å². The van der Waals surface area contributed by atoms with Crippen molar-refractivity contribution in [2.75, 3.05) is 18.0 Å². The van der Waals surface area contributed by atoms with Gasteiger partial charge >= 0.3 is 6.09 Å². The van der Waals surface area contributed by atoms with E-state index >= 15 is 0 Å². The van der Waals surface area contributed by atoms with Crippen molar-refractivity contribution in [1.29, 1.82) is 0 Å². The molecule has 208 valence electrons. The number of anilines is 1. The molecule has 9 nitrogen and oxygen atoms in total. The van der Waals surface area contributed by atoms with Gasteiger partial charge in [0.25, 0.3) is 11.1 Å². The van der Waals surface area contributed by atoms with Gasteiger partial charge in [0.1, 0.15) is 11.9 Å². The molecule has 2 aromatic rings. The molecule has 2 fully saturated rings. The fraction of sp³-hybridized carbons (Fsp3) is 0.357. The van der Waals surface area contributed by atoms with Gasteiger partial charge in [-0.05, 0) is 63.1 Å². The first-order valence-electron chi connectivity index (χ1n) is 12.5. The quantitative estimate of drug-likeness (QED) is 0.332. The van der Waals surface area contributed by atoms with Crippen LogP contribution in [0.25, 0.3) is 6.08 Å². The second-order valence-corrected chi connectivity index (χ2v) is 11.5. The molecule has 2 aromatic carbocycles. The Morgan fingerprint density at radius 1 is 1.23 bits per heavy atom. The van der Waals surface area contributed by atoms with Crippen molar-refractivity contribution in [1.82, 2.24) is 10.6 Å². The Hall–Kier alpha value is -3.34. The van der Waals surface area contributed by atoms with Gasteiger partial charge in [0.2, 0.25) is 0 Å². The maximum atomic E-state index is 11.7. The summed E-state index contributed by atoms with van der Waals surface area (Å²) >= 11 is 7.28. The number of nitrogens with two attached hydrogens (primary N) is 1. The van der Waals surface area contributed by atoms with Gasteiger partial charge in [-0.15, -0.1) is 0 Å². The molecule has 4 rings (SSSR count). The number of imide groups is 1. The predicted molar refractivity (Wildman–Crippen MR) is 155 cm³/mol. The van der Waals surface area contributed by atoms with E-state index in [2.05, 4.69) is 15.5 Å². The molecule has 0 aliphatic carbocycles. The molecule has 0 saturated carbocycles. The topological polar surface area (TPSA) is 131 Å². The highest BCUT2D eigenvalue weighted by molar-refractivity contribution is 8.18. The summed E-state index contributed by atoms with van der Waals surface area (Å²) in [5.74, 6) is -0.365. The van der Waals surface area contributed by atoms with Gasteiger partial charge in [0.15, 0.2) is 0 Å². The summed E-state index contributed by atoms with van der Waals surface area (Å²) in [6.45, 7) is 7.43. The lowest BCUT2D eigenvalue weighted by Crippen LogP contribution is -2.43. The lowest BCUT2D eigenvalue weighted by Gasteiger charge is -2.34. The third-order valence-electron chi connectivity index (χ3n) is 5.67. The van der Waals surface area contributed by atoms with Gasteiger partial charge < -0.3 is 20.7 Å². The highest BCUT2D eigenvalue weighted by Gasteiger charge is 2.27. The van der Waals surface area contributed by atoms with Crippen LogP contribution in [0.15, 0.2) is 47.4 Å². The van der Waals surface area contributed by atoms with E-state index < -0.39 is 11.7 Å². The standard InChI is InChI=1S/C15H16ClN3O2S.C13H17NO3/c16-11-5-1-3-9(7-12-14(20)18-15(21)22-12)13(11)19-6-2-4-10(17)8-19;1-13(2,3)17-12(16)14-8-10-4-6-11(9-15)7-5-10/h1,3,5,7,10H,2,4,6,8,17H2,(H,18,20,21);4-7,9H,8H2,1-3H3,(H,14,16)/b12-7-;/t10-;/m1./s1. The number of piperidine rings is 1. The number of aldehydes is 1. The molecular formula is C28H33ClN4O5S. The number of rotatable bonds is 5. The van der Waals surface area contributed by atoms with Crippen LogP contribution in [0.3, 0.4) is 0 Å². The number of benzene rings is 2. The van der Waals surface area contributed by atoms with Gasteiger partial charge in [-0.2, -0.15) is 0 Å². The first kappa shape index (κ1) is 30.2. The summed E-state index contributed by atoms with van der Waals surface area (Å²) in [5, 5.41) is 5.18. The number of carbonyl (C=O) groups excluding carboxylic acids is 4. The molecule has 1 atom stereocenters. The smallest absolute Gasteiger partial charge is 0.407 e. The largest absolute Gasteiger partial charge is 0.444 e. The average molecular weight is 573 g/mol. The normalized spacial score (nSPS) is 18.2. The van der Waals surface area contributed by atoms with E-state index in [4.69, 9.17) is 22.1 Å². The SMILES string of the molecule is CC(C)(C)OC(=O)NCc1ccc(C=O)cc1.N[C@@H]1CCCN(c2c(Cl)cccc2/C=C2\SC(=O)NC2=O)C1. The van der Waals surface area contributed by atoms with Crippen molar-refractivity contribution in [3.05, 3.63) is 69.1 Å². The number of nitrogens with zero attached hydrogens (tertiary/aromatic N) is 1. The molecule has 2 saturated heterocycles. The zero-order chi connectivity index (χ0) is 28.6. The van der Waals surface area contributed by atoms with Crippen LogP contribution in [0.5, 0.6) is 0 Å². The minimum Gasteiger partial charge on any atom is -0.444 e. The molecule has 0 radical (unpaired) electrons. The summed E-state index contributed by atoms with van der Waals surface area (Å²) < 4.78 is 5.10. The minimum atomic E-state index is -0.495. The van der Waals surface area contributed by atoms with Crippen LogP contribution in [0.4, 0.5) is 15.3 Å². The summed E-state index contributed by atoms with van der Waals surface area (Å²) in [7, 11) is 0. The third kappa shape index (κ3) is 9.42. The Bertz CT molecular complexity index is 1240. The van der Waals surface area contributed by atoms with Crippen LogP contribution in [0, 0.1) is 0 Å². The fourth-order valence-corrected chi connectivity index (χ4v) is 4.93. The lowest BCUT2D eigenvalue weighted by molar-refractivity contribution is -0.115. The van der Waals surface area contributed by atoms with E-state index in [9.17, 15) is 19.2 Å². The van der Waals surface area contributed by atoms with Crippen molar-refractivity contribution >= 4 is 58.7 Å². The van der Waals surface area contributed by atoms with Gasteiger partial charge in [-0.3, -0.25) is 19.7 Å². The summed E-state index contributed by atoms with van der Waals surface area (Å²) in [6.07, 6.45) is 4.06. The van der Waals surface area contributed by atoms with Crippen LogP contribution < -0.4 is 21.3 Å². The maximum Gasteiger partial charge on any atom is 0.407 e. The number of alkyl carbamates (subject to hydrolysis) is 1. The molecule has 3 amide bonds. The van der Waals surface area contributed by atoms with Gasteiger partial charge in [0.05, 0.1) is 15.6 Å². The Morgan fingerprint density at radius 3 is 2.54 bits per heavy atom. The van der Waals surface area contributed by atoms with E-state index in [0.29, 0.717) is 22.0 Å². The number of amides is 3. The van der Waals surface area contributed by atoms with E-state index in [-0.39, 0.29) is 17.2 Å². The zero-order valence-corrected chi connectivity index (χ0v) is 23.7. The number of carbonyl (C=O) groups is 4. The fourth-order valence-electron chi connectivity index (χ4n) is 3.96. The monoisotopic (exact) mass is 572 g/mol. The van der Waals surface area contributed by atoms with E-state index in [0.717, 1.165) is 60.8 Å². The summed E-state index contributed by atoms with van der Waals surface area (Å²) in [5.41, 5.74) is 8.80. The molecule has 0 aromatic heterocycles. The van der Waals surface area contributed by atoms with Crippen molar-refractivity contribution < 1.29 is 23.9 Å². The Labute approximate surface area is 237 Å². The molecule has 4 N–H and O–H groups in total. The molecule has 39 heavy (non-hydrogen) atoms. The Balaban J connectivity index is 0.000000224. The van der Waals surface area contributed by atoms with E-state index in [1.807, 2.05) is 39.0 Å². The zero-order valence-electron chi connectivity index (χ0n) is 22.2. The third-order valence-corrected chi connectivity index (χ3v) is 6.79. The van der Waals surface area contributed by atoms with Crippen LogP contribution in [-0.2, 0) is 16.1 Å². The molecule has 11 heteroatoms. The van der Waals surface area contributed by atoms with Crippen LogP contribution >= 0.6 is 23.4 Å². The number of nitrogens with one attached hydrogen (secondary N) is 2. The first-order chi connectivity index (χ1) is 18.4. The van der Waals surface area contributed by atoms with Crippen LogP contribution in [0.2, 0.25) is 5.02 Å². The number of halogens is 1. The number of hydrogen-bond acceptors (Lipinski definition) is 8. The average Bonchev–Trinajstić information content (AvgIpc) is 3.18. The summed E-state index contributed by atoms with van der Waals surface area (Å²) in [4.78, 5) is 47.4. The molecule has 0 bridgehead atoms. The van der Waals surface area contributed by atoms with Crippen molar-refractivity contribution in [2.24, 2.45) is 5.73 Å². The second-order valence-electron chi connectivity index (χ2n) is 10.1. The number of ether oxygens (including phenoxy) is 1. The highest BCUT2D eigenvalue weighted by Crippen LogP contribution is 2.35. The molecule has 0 unspecified atom stereocenters. The molecule has 2 heterocycles. The second kappa shape index (κ2) is 13.6. The van der Waals surface area contributed by atoms with Crippen molar-refractivity contribution in [3.63, 3.8) is 0 Å².